The lowest BCUT2D eigenvalue weighted by Crippen LogP contribution is -1.74. The van der Waals surface area contributed by atoms with Gasteiger partial charge >= 0.3 is 0 Å². The molecule has 0 rings (SSSR count). The Hall–Kier alpha value is -0.170. The predicted molar refractivity (Wildman–Crippen MR) is 47.0 cm³/mol. The third-order valence-electron chi connectivity index (χ3n) is 0.849. The van der Waals surface area contributed by atoms with Crippen LogP contribution in [0.5, 0.6) is 0 Å². The molecule has 0 aliphatic heterocycles. The van der Waals surface area contributed by atoms with Gasteiger partial charge in [-0.1, -0.05) is 38.2 Å². The lowest BCUT2D eigenvalue weighted by Gasteiger charge is -1.88. The minimum atomic E-state index is 0.648. The molecule has 0 unspecified atom stereocenters. The number of thiol groups is 1. The highest BCUT2D eigenvalue weighted by atomic mass is 32.1. The van der Waals surface area contributed by atoms with Gasteiger partial charge in [0.25, 0.3) is 0 Å². The summed E-state index contributed by atoms with van der Waals surface area (Å²) < 4.78 is 0. The van der Waals surface area contributed by atoms with Gasteiger partial charge in [0.1, 0.15) is 0 Å². The summed E-state index contributed by atoms with van der Waals surface area (Å²) in [5.74, 6) is 1.47. The quantitative estimate of drug-likeness (QED) is 0.454. The Morgan fingerprint density at radius 3 is 2.44 bits per heavy atom. The van der Waals surface area contributed by atoms with Crippen LogP contribution in [-0.2, 0) is 0 Å². The molecular formula is C8H14S. The first-order valence-electron chi connectivity index (χ1n) is 3.21. The largest absolute Gasteiger partial charge is 0.175 e. The monoisotopic (exact) mass is 142 g/mol. The summed E-state index contributed by atoms with van der Waals surface area (Å²) >= 11 is 4.02. The van der Waals surface area contributed by atoms with Crippen LogP contribution >= 0.6 is 12.6 Å². The molecule has 0 aliphatic rings. The van der Waals surface area contributed by atoms with Crippen LogP contribution in [0, 0.1) is 5.92 Å². The van der Waals surface area contributed by atoms with Crippen molar-refractivity contribution in [3.8, 4) is 0 Å². The van der Waals surface area contributed by atoms with Crippen molar-refractivity contribution in [2.24, 2.45) is 5.92 Å². The maximum Gasteiger partial charge on any atom is 0.00856 e. The van der Waals surface area contributed by atoms with Gasteiger partial charge in [0, 0.05) is 5.75 Å². The van der Waals surface area contributed by atoms with Crippen molar-refractivity contribution >= 4 is 12.6 Å². The van der Waals surface area contributed by atoms with Crippen LogP contribution in [0.15, 0.2) is 24.3 Å². The van der Waals surface area contributed by atoms with E-state index in [4.69, 9.17) is 0 Å². The summed E-state index contributed by atoms with van der Waals surface area (Å²) in [5.41, 5.74) is 0. The minimum absolute atomic E-state index is 0.648. The molecule has 0 heterocycles. The number of rotatable bonds is 3. The van der Waals surface area contributed by atoms with Gasteiger partial charge < -0.3 is 0 Å². The summed E-state index contributed by atoms with van der Waals surface area (Å²) in [6, 6.07) is 0. The topological polar surface area (TPSA) is 0 Å². The molecule has 0 atom stereocenters. The SMILES string of the molecule is CC(C)/C=C/C=C/CS. The smallest absolute Gasteiger partial charge is 0.00856 e. The van der Waals surface area contributed by atoms with E-state index in [0.29, 0.717) is 5.92 Å². The van der Waals surface area contributed by atoms with Crippen LogP contribution in [0.3, 0.4) is 0 Å². The maximum atomic E-state index is 4.02. The van der Waals surface area contributed by atoms with Crippen molar-refractivity contribution in [3.63, 3.8) is 0 Å². The molecule has 0 saturated heterocycles. The zero-order valence-electron chi connectivity index (χ0n) is 6.04. The third kappa shape index (κ3) is 7.83. The van der Waals surface area contributed by atoms with Gasteiger partial charge in [-0.25, -0.2) is 0 Å². The zero-order chi connectivity index (χ0) is 7.11. The van der Waals surface area contributed by atoms with E-state index in [1.165, 1.54) is 0 Å². The summed E-state index contributed by atoms with van der Waals surface area (Å²) in [4.78, 5) is 0. The van der Waals surface area contributed by atoms with Crippen LogP contribution in [0.4, 0.5) is 0 Å². The van der Waals surface area contributed by atoms with E-state index in [9.17, 15) is 0 Å². The Labute approximate surface area is 63.1 Å². The van der Waals surface area contributed by atoms with E-state index in [0.717, 1.165) is 5.75 Å². The van der Waals surface area contributed by atoms with Crippen LogP contribution in [0.1, 0.15) is 13.8 Å². The first-order valence-corrected chi connectivity index (χ1v) is 3.84. The molecular weight excluding hydrogens is 128 g/mol. The number of allylic oxidation sites excluding steroid dienone is 3. The van der Waals surface area contributed by atoms with Crippen molar-refractivity contribution in [1.82, 2.24) is 0 Å². The van der Waals surface area contributed by atoms with E-state index >= 15 is 0 Å². The van der Waals surface area contributed by atoms with Crippen molar-refractivity contribution in [2.45, 2.75) is 13.8 Å². The second-order valence-corrected chi connectivity index (χ2v) is 2.60. The van der Waals surface area contributed by atoms with E-state index in [1.54, 1.807) is 0 Å². The summed E-state index contributed by atoms with van der Waals surface area (Å²) in [5, 5.41) is 0. The van der Waals surface area contributed by atoms with Crippen molar-refractivity contribution in [2.75, 3.05) is 5.75 Å². The molecule has 0 spiro atoms. The van der Waals surface area contributed by atoms with Gasteiger partial charge in [-0.3, -0.25) is 0 Å². The Kier molecular flexibility index (Phi) is 5.85. The Bertz CT molecular complexity index is 101. The average molecular weight is 142 g/mol. The second-order valence-electron chi connectivity index (χ2n) is 2.24. The molecule has 0 saturated carbocycles. The van der Waals surface area contributed by atoms with Crippen LogP contribution in [-0.4, -0.2) is 5.75 Å². The molecule has 0 fully saturated rings. The molecule has 0 amide bonds. The first-order chi connectivity index (χ1) is 4.27. The van der Waals surface area contributed by atoms with Gasteiger partial charge in [0.15, 0.2) is 0 Å². The molecule has 0 aromatic heterocycles. The molecule has 0 N–H and O–H groups in total. The van der Waals surface area contributed by atoms with E-state index in [1.807, 2.05) is 12.2 Å². The molecule has 0 radical (unpaired) electrons. The normalized spacial score (nSPS) is 12.4. The van der Waals surface area contributed by atoms with Gasteiger partial charge in [0.05, 0.1) is 0 Å². The highest BCUT2D eigenvalue weighted by molar-refractivity contribution is 7.80. The Morgan fingerprint density at radius 2 is 2.00 bits per heavy atom. The minimum Gasteiger partial charge on any atom is -0.175 e. The van der Waals surface area contributed by atoms with Gasteiger partial charge in [-0.15, -0.1) is 0 Å². The fraction of sp³-hybridized carbons (Fsp3) is 0.500. The van der Waals surface area contributed by atoms with E-state index in [-0.39, 0.29) is 0 Å². The lowest BCUT2D eigenvalue weighted by atomic mass is 10.2. The summed E-state index contributed by atoms with van der Waals surface area (Å²) in [7, 11) is 0. The molecule has 52 valence electrons. The fourth-order valence-electron chi connectivity index (χ4n) is 0.426. The average Bonchev–Trinajstić information content (AvgIpc) is 1.80. The van der Waals surface area contributed by atoms with Crippen molar-refractivity contribution in [3.05, 3.63) is 24.3 Å². The Balaban J connectivity index is 3.35. The standard InChI is InChI=1S/C8H14S/c1-8(2)6-4-3-5-7-9/h3-6,8-9H,7H2,1-2H3/b5-3+,6-4+. The molecule has 0 aromatic carbocycles. The zero-order valence-corrected chi connectivity index (χ0v) is 6.94. The fourth-order valence-corrected chi connectivity index (χ4v) is 0.548. The predicted octanol–water partition coefficient (Wildman–Crippen LogP) is 2.68. The van der Waals surface area contributed by atoms with Gasteiger partial charge in [-0.05, 0) is 5.92 Å². The summed E-state index contributed by atoms with van der Waals surface area (Å²) in [6.07, 6.45) is 8.25. The molecule has 1 heteroatoms. The molecule has 9 heavy (non-hydrogen) atoms. The maximum absolute atomic E-state index is 4.02. The first kappa shape index (κ1) is 8.83. The van der Waals surface area contributed by atoms with Crippen molar-refractivity contribution in [1.29, 1.82) is 0 Å². The molecule has 0 nitrogen and oxygen atoms in total. The molecule has 0 bridgehead atoms. The highest BCUT2D eigenvalue weighted by Gasteiger charge is 1.78. The van der Waals surface area contributed by atoms with Crippen LogP contribution in [0.25, 0.3) is 0 Å². The van der Waals surface area contributed by atoms with Gasteiger partial charge in [-0.2, -0.15) is 12.6 Å². The lowest BCUT2D eigenvalue weighted by molar-refractivity contribution is 0.832. The number of hydrogen-bond donors (Lipinski definition) is 1. The molecule has 0 aliphatic carbocycles. The third-order valence-corrected chi connectivity index (χ3v) is 1.06. The molecule has 0 aromatic rings. The van der Waals surface area contributed by atoms with Gasteiger partial charge in [0.2, 0.25) is 0 Å². The number of hydrogen-bond acceptors (Lipinski definition) is 1. The second kappa shape index (κ2) is 5.96. The van der Waals surface area contributed by atoms with Crippen LogP contribution in [0.2, 0.25) is 0 Å². The van der Waals surface area contributed by atoms with E-state index in [2.05, 4.69) is 38.6 Å². The van der Waals surface area contributed by atoms with Crippen molar-refractivity contribution < 1.29 is 0 Å². The highest BCUT2D eigenvalue weighted by Crippen LogP contribution is 1.93. The summed E-state index contributed by atoms with van der Waals surface area (Å²) in [6.45, 7) is 4.32. The van der Waals surface area contributed by atoms with Crippen LogP contribution < -0.4 is 0 Å². The Morgan fingerprint density at radius 1 is 1.33 bits per heavy atom. The van der Waals surface area contributed by atoms with E-state index < -0.39 is 0 Å².